The summed E-state index contributed by atoms with van der Waals surface area (Å²) < 4.78 is 5.16. The zero-order valence-corrected chi connectivity index (χ0v) is 10.7. The third-order valence-electron chi connectivity index (χ3n) is 3.07. The molecule has 2 N–H and O–H groups in total. The predicted octanol–water partition coefficient (Wildman–Crippen LogP) is 1.29. The van der Waals surface area contributed by atoms with Crippen LogP contribution in [0.4, 0.5) is 11.6 Å². The number of nitrogens with two attached hydrogens (primary N) is 1. The molecule has 1 aliphatic rings. The number of nitrogens with zero attached hydrogens (tertiary/aromatic N) is 3. The number of hydrogen-bond acceptors (Lipinski definition) is 5. The molecule has 94 valence electrons. The number of aromatic nitrogens is 2. The molecule has 1 aromatic heterocycles. The lowest BCUT2D eigenvalue weighted by atomic mass is 10.2. The third kappa shape index (κ3) is 2.66. The topological polar surface area (TPSA) is 64.3 Å². The molecule has 2 rings (SSSR count). The fourth-order valence-electron chi connectivity index (χ4n) is 1.95. The Balaban J connectivity index is 2.28. The smallest absolute Gasteiger partial charge is 0.137 e. The van der Waals surface area contributed by atoms with Crippen LogP contribution in [0.2, 0.25) is 0 Å². The molecule has 5 nitrogen and oxygen atoms in total. The molecule has 0 spiro atoms. The highest BCUT2D eigenvalue weighted by Crippen LogP contribution is 2.33. The van der Waals surface area contributed by atoms with E-state index in [2.05, 4.69) is 14.9 Å². The van der Waals surface area contributed by atoms with Gasteiger partial charge < -0.3 is 15.4 Å². The second-order valence-corrected chi connectivity index (χ2v) is 4.52. The SMILES string of the molecule is COCCN(c1nc(C)nc(N)c1C)C1CC1. The summed E-state index contributed by atoms with van der Waals surface area (Å²) in [5, 5.41) is 0. The number of rotatable bonds is 5. The molecule has 1 fully saturated rings. The van der Waals surface area contributed by atoms with Gasteiger partial charge in [-0.05, 0) is 26.7 Å². The Morgan fingerprint density at radius 1 is 1.35 bits per heavy atom. The van der Waals surface area contributed by atoms with Gasteiger partial charge in [-0.3, -0.25) is 0 Å². The van der Waals surface area contributed by atoms with Crippen LogP contribution in [0.3, 0.4) is 0 Å². The Morgan fingerprint density at radius 3 is 2.65 bits per heavy atom. The average Bonchev–Trinajstić information content (AvgIpc) is 3.09. The minimum Gasteiger partial charge on any atom is -0.383 e. The number of hydrogen-bond donors (Lipinski definition) is 1. The fourth-order valence-corrected chi connectivity index (χ4v) is 1.95. The Bertz CT molecular complexity index is 404. The monoisotopic (exact) mass is 236 g/mol. The van der Waals surface area contributed by atoms with E-state index in [9.17, 15) is 0 Å². The first-order valence-electron chi connectivity index (χ1n) is 5.99. The molecule has 1 aromatic rings. The summed E-state index contributed by atoms with van der Waals surface area (Å²) in [6, 6.07) is 0.595. The van der Waals surface area contributed by atoms with Crippen LogP contribution < -0.4 is 10.6 Å². The molecule has 0 aliphatic heterocycles. The Hall–Kier alpha value is -1.36. The molecule has 1 saturated carbocycles. The summed E-state index contributed by atoms with van der Waals surface area (Å²) in [7, 11) is 1.72. The van der Waals surface area contributed by atoms with Gasteiger partial charge in [0.1, 0.15) is 17.5 Å². The van der Waals surface area contributed by atoms with E-state index in [-0.39, 0.29) is 0 Å². The molecule has 0 unspecified atom stereocenters. The quantitative estimate of drug-likeness (QED) is 0.834. The Morgan fingerprint density at radius 2 is 2.06 bits per heavy atom. The minimum atomic E-state index is 0.579. The van der Waals surface area contributed by atoms with Crippen LogP contribution in [0, 0.1) is 13.8 Å². The van der Waals surface area contributed by atoms with Gasteiger partial charge in [-0.15, -0.1) is 0 Å². The summed E-state index contributed by atoms with van der Waals surface area (Å²) in [6.07, 6.45) is 2.46. The molecular formula is C12H20N4O. The van der Waals surface area contributed by atoms with E-state index in [1.165, 1.54) is 12.8 Å². The maximum atomic E-state index is 5.90. The van der Waals surface area contributed by atoms with Crippen molar-refractivity contribution in [2.75, 3.05) is 30.9 Å². The van der Waals surface area contributed by atoms with Gasteiger partial charge in [-0.1, -0.05) is 0 Å². The highest BCUT2D eigenvalue weighted by atomic mass is 16.5. The molecule has 0 bridgehead atoms. The third-order valence-corrected chi connectivity index (χ3v) is 3.07. The molecule has 0 saturated heterocycles. The molecule has 5 heteroatoms. The van der Waals surface area contributed by atoms with Gasteiger partial charge in [0.15, 0.2) is 0 Å². The molecule has 1 heterocycles. The second kappa shape index (κ2) is 4.87. The summed E-state index contributed by atoms with van der Waals surface area (Å²) in [6.45, 7) is 5.42. The van der Waals surface area contributed by atoms with Crippen LogP contribution >= 0.6 is 0 Å². The van der Waals surface area contributed by atoms with Crippen molar-refractivity contribution in [2.45, 2.75) is 32.7 Å². The fraction of sp³-hybridized carbons (Fsp3) is 0.667. The Labute approximate surface area is 102 Å². The maximum Gasteiger partial charge on any atom is 0.137 e. The summed E-state index contributed by atoms with van der Waals surface area (Å²) >= 11 is 0. The van der Waals surface area contributed by atoms with Crippen molar-refractivity contribution in [2.24, 2.45) is 0 Å². The predicted molar refractivity (Wildman–Crippen MR) is 68.2 cm³/mol. The molecule has 0 amide bonds. The summed E-state index contributed by atoms with van der Waals surface area (Å²) in [5.74, 6) is 2.27. The largest absolute Gasteiger partial charge is 0.383 e. The number of ether oxygens (including phenoxy) is 1. The first-order chi connectivity index (χ1) is 8.13. The van der Waals surface area contributed by atoms with Crippen molar-refractivity contribution < 1.29 is 4.74 Å². The Kier molecular flexibility index (Phi) is 3.47. The van der Waals surface area contributed by atoms with Crippen LogP contribution in [-0.4, -0.2) is 36.3 Å². The first kappa shape index (κ1) is 12.1. The van der Waals surface area contributed by atoms with Crippen LogP contribution in [-0.2, 0) is 4.74 Å². The van der Waals surface area contributed by atoms with Crippen LogP contribution in [0.5, 0.6) is 0 Å². The van der Waals surface area contributed by atoms with E-state index in [0.717, 1.165) is 23.8 Å². The van der Waals surface area contributed by atoms with Gasteiger partial charge in [0.2, 0.25) is 0 Å². The van der Waals surface area contributed by atoms with Gasteiger partial charge in [-0.25, -0.2) is 9.97 Å². The molecule has 1 aliphatic carbocycles. The standard InChI is InChI=1S/C12H20N4O/c1-8-11(13)14-9(2)15-12(8)16(6-7-17-3)10-4-5-10/h10H,4-7H2,1-3H3,(H2,13,14,15). The second-order valence-electron chi connectivity index (χ2n) is 4.52. The normalized spacial score (nSPS) is 15.0. The molecule has 17 heavy (non-hydrogen) atoms. The van der Waals surface area contributed by atoms with Gasteiger partial charge in [0, 0.05) is 25.3 Å². The van der Waals surface area contributed by atoms with Crippen LogP contribution in [0.15, 0.2) is 0 Å². The lowest BCUT2D eigenvalue weighted by molar-refractivity contribution is 0.204. The highest BCUT2D eigenvalue weighted by Gasteiger charge is 2.31. The number of methoxy groups -OCH3 is 1. The molecular weight excluding hydrogens is 216 g/mol. The van der Waals surface area contributed by atoms with Crippen molar-refractivity contribution in [3.63, 3.8) is 0 Å². The molecule has 0 atom stereocenters. The number of aryl methyl sites for hydroxylation is 1. The van der Waals surface area contributed by atoms with E-state index in [0.29, 0.717) is 18.5 Å². The van der Waals surface area contributed by atoms with E-state index < -0.39 is 0 Å². The lowest BCUT2D eigenvalue weighted by Crippen LogP contribution is -2.31. The van der Waals surface area contributed by atoms with Gasteiger partial charge in [0.05, 0.1) is 6.61 Å². The zero-order chi connectivity index (χ0) is 12.4. The molecule has 0 aromatic carbocycles. The van der Waals surface area contributed by atoms with Crippen LogP contribution in [0.1, 0.15) is 24.2 Å². The number of anilines is 2. The average molecular weight is 236 g/mol. The van der Waals surface area contributed by atoms with Gasteiger partial charge >= 0.3 is 0 Å². The maximum absolute atomic E-state index is 5.90. The number of nitrogen functional groups attached to an aromatic ring is 1. The van der Waals surface area contributed by atoms with E-state index in [1.54, 1.807) is 7.11 Å². The van der Waals surface area contributed by atoms with Crippen molar-refractivity contribution in [3.8, 4) is 0 Å². The van der Waals surface area contributed by atoms with Crippen molar-refractivity contribution >= 4 is 11.6 Å². The highest BCUT2D eigenvalue weighted by molar-refractivity contribution is 5.57. The first-order valence-corrected chi connectivity index (χ1v) is 5.99. The van der Waals surface area contributed by atoms with Crippen molar-refractivity contribution in [1.82, 2.24) is 9.97 Å². The zero-order valence-electron chi connectivity index (χ0n) is 10.7. The van der Waals surface area contributed by atoms with E-state index >= 15 is 0 Å². The van der Waals surface area contributed by atoms with Gasteiger partial charge in [-0.2, -0.15) is 0 Å². The van der Waals surface area contributed by atoms with Crippen molar-refractivity contribution in [3.05, 3.63) is 11.4 Å². The van der Waals surface area contributed by atoms with Gasteiger partial charge in [0.25, 0.3) is 0 Å². The van der Waals surface area contributed by atoms with Crippen molar-refractivity contribution in [1.29, 1.82) is 0 Å². The lowest BCUT2D eigenvalue weighted by Gasteiger charge is -2.25. The van der Waals surface area contributed by atoms with Crippen LogP contribution in [0.25, 0.3) is 0 Å². The van der Waals surface area contributed by atoms with E-state index in [1.807, 2.05) is 13.8 Å². The minimum absolute atomic E-state index is 0.579. The summed E-state index contributed by atoms with van der Waals surface area (Å²) in [4.78, 5) is 11.0. The van der Waals surface area contributed by atoms with E-state index in [4.69, 9.17) is 10.5 Å². The molecule has 0 radical (unpaired) electrons. The summed E-state index contributed by atoms with van der Waals surface area (Å²) in [5.41, 5.74) is 6.87.